The highest BCUT2D eigenvalue weighted by atomic mass is 31.1. The number of nitrogen functional groups attached to an aromatic ring is 1. The number of ether oxygens (including phenoxy) is 1. The van der Waals surface area contributed by atoms with Crippen LogP contribution in [0.3, 0.4) is 0 Å². The summed E-state index contributed by atoms with van der Waals surface area (Å²) in [5.74, 6) is -0.227. The topological polar surface area (TPSA) is 126 Å². The molecule has 1 saturated heterocycles. The minimum absolute atomic E-state index is 0.00358. The van der Waals surface area contributed by atoms with Gasteiger partial charge in [-0.15, -0.1) is 0 Å². The maximum atomic E-state index is 11.9. The third-order valence-electron chi connectivity index (χ3n) is 3.55. The molecule has 0 aromatic carbocycles. The molecule has 1 aromatic heterocycles. The summed E-state index contributed by atoms with van der Waals surface area (Å²) in [5.41, 5.74) is 4.83. The van der Waals surface area contributed by atoms with Crippen LogP contribution >= 0.6 is 8.25 Å². The standard InChI is InChI=1S/C13H22N3O6P/c1-7(2)22-23(19)20-6-9-8(3)11(17)12(21-9)16-5-4-10(14)15-13(16)18/h4-5,7-9,11-12,17,23H,6H2,1-3H3,(H2,14,15,18)/t8-,9?,11+,12-/m1/s1. The Morgan fingerprint density at radius 1 is 1.57 bits per heavy atom. The highest BCUT2D eigenvalue weighted by Crippen LogP contribution is 2.35. The van der Waals surface area contributed by atoms with Crippen LogP contribution in [-0.4, -0.2) is 39.6 Å². The van der Waals surface area contributed by atoms with Crippen LogP contribution in [0.2, 0.25) is 0 Å². The number of hydrogen-bond acceptors (Lipinski definition) is 8. The zero-order chi connectivity index (χ0) is 17.1. The molecular formula is C13H22N3O6P. The predicted molar refractivity (Wildman–Crippen MR) is 83.2 cm³/mol. The van der Waals surface area contributed by atoms with Crippen LogP contribution in [0.1, 0.15) is 27.0 Å². The predicted octanol–water partition coefficient (Wildman–Crippen LogP) is 0.551. The third kappa shape index (κ3) is 4.39. The first-order chi connectivity index (χ1) is 10.8. The van der Waals surface area contributed by atoms with E-state index >= 15 is 0 Å². The smallest absolute Gasteiger partial charge is 0.351 e. The minimum Gasteiger partial charge on any atom is -0.388 e. The molecule has 2 heterocycles. The number of hydrogen-bond donors (Lipinski definition) is 2. The maximum absolute atomic E-state index is 11.9. The van der Waals surface area contributed by atoms with Crippen molar-refractivity contribution in [2.45, 2.75) is 45.3 Å². The molecule has 10 heteroatoms. The van der Waals surface area contributed by atoms with Gasteiger partial charge in [0.15, 0.2) is 6.23 Å². The average Bonchev–Trinajstić information content (AvgIpc) is 2.73. The molecule has 1 fully saturated rings. The van der Waals surface area contributed by atoms with E-state index in [-0.39, 0.29) is 24.4 Å². The van der Waals surface area contributed by atoms with Gasteiger partial charge in [0, 0.05) is 12.1 Å². The molecule has 0 bridgehead atoms. The maximum Gasteiger partial charge on any atom is 0.351 e. The Bertz CT molecular complexity index is 622. The Morgan fingerprint density at radius 2 is 2.26 bits per heavy atom. The van der Waals surface area contributed by atoms with Crippen molar-refractivity contribution in [2.24, 2.45) is 5.92 Å². The van der Waals surface area contributed by atoms with Gasteiger partial charge in [0.2, 0.25) is 0 Å². The summed E-state index contributed by atoms with van der Waals surface area (Å²) < 4.78 is 28.6. The van der Waals surface area contributed by atoms with Gasteiger partial charge in [0.1, 0.15) is 11.9 Å². The van der Waals surface area contributed by atoms with Gasteiger partial charge in [-0.05, 0) is 19.9 Å². The van der Waals surface area contributed by atoms with Crippen LogP contribution < -0.4 is 11.4 Å². The van der Waals surface area contributed by atoms with Crippen molar-refractivity contribution in [3.8, 4) is 0 Å². The van der Waals surface area contributed by atoms with Crippen LogP contribution in [0.15, 0.2) is 17.1 Å². The first-order valence-electron chi connectivity index (χ1n) is 7.31. The number of aliphatic hydroxyl groups is 1. The second-order valence-electron chi connectivity index (χ2n) is 5.68. The number of aromatic nitrogens is 2. The van der Waals surface area contributed by atoms with E-state index in [0.717, 1.165) is 0 Å². The Morgan fingerprint density at radius 3 is 2.87 bits per heavy atom. The quantitative estimate of drug-likeness (QED) is 0.715. The van der Waals surface area contributed by atoms with Crippen molar-refractivity contribution in [2.75, 3.05) is 12.3 Å². The van der Waals surface area contributed by atoms with E-state index in [1.807, 2.05) is 0 Å². The van der Waals surface area contributed by atoms with E-state index in [1.165, 1.54) is 16.8 Å². The first-order valence-corrected chi connectivity index (χ1v) is 8.53. The summed E-state index contributed by atoms with van der Waals surface area (Å²) in [6.45, 7) is 5.26. The Balaban J connectivity index is 2.03. The molecule has 1 aliphatic heterocycles. The van der Waals surface area contributed by atoms with Gasteiger partial charge in [0.05, 0.1) is 18.8 Å². The molecule has 23 heavy (non-hydrogen) atoms. The van der Waals surface area contributed by atoms with Gasteiger partial charge in [-0.1, -0.05) is 6.92 Å². The van der Waals surface area contributed by atoms with Gasteiger partial charge in [0.25, 0.3) is 0 Å². The van der Waals surface area contributed by atoms with Gasteiger partial charge < -0.3 is 24.6 Å². The van der Waals surface area contributed by atoms with Crippen molar-refractivity contribution in [1.82, 2.24) is 9.55 Å². The Labute approximate surface area is 134 Å². The second-order valence-corrected chi connectivity index (χ2v) is 6.71. The van der Waals surface area contributed by atoms with Gasteiger partial charge in [-0.25, -0.2) is 4.79 Å². The molecule has 5 atom stereocenters. The fourth-order valence-corrected chi connectivity index (χ4v) is 3.03. The Kier molecular flexibility index (Phi) is 5.94. The molecule has 2 rings (SSSR count). The van der Waals surface area contributed by atoms with Gasteiger partial charge >= 0.3 is 13.9 Å². The average molecular weight is 347 g/mol. The lowest BCUT2D eigenvalue weighted by atomic mass is 10.0. The first kappa shape index (κ1) is 18.1. The van der Waals surface area contributed by atoms with Crippen LogP contribution in [0.4, 0.5) is 5.82 Å². The number of nitrogens with two attached hydrogens (primary N) is 1. The lowest BCUT2D eigenvalue weighted by molar-refractivity contribution is -0.0512. The summed E-state index contributed by atoms with van der Waals surface area (Å²) in [4.78, 5) is 15.5. The normalized spacial score (nSPS) is 29.1. The summed E-state index contributed by atoms with van der Waals surface area (Å²) in [6, 6.07) is 1.45. The van der Waals surface area contributed by atoms with Crippen molar-refractivity contribution < 1.29 is 23.5 Å². The van der Waals surface area contributed by atoms with Crippen LogP contribution in [-0.2, 0) is 18.3 Å². The van der Waals surface area contributed by atoms with E-state index in [4.69, 9.17) is 19.5 Å². The van der Waals surface area contributed by atoms with Crippen molar-refractivity contribution in [1.29, 1.82) is 0 Å². The van der Waals surface area contributed by atoms with E-state index in [0.29, 0.717) is 0 Å². The number of anilines is 1. The van der Waals surface area contributed by atoms with E-state index in [9.17, 15) is 14.5 Å². The summed E-state index contributed by atoms with van der Waals surface area (Å²) in [7, 11) is -2.62. The number of nitrogens with zero attached hydrogens (tertiary/aromatic N) is 2. The molecule has 1 aromatic rings. The largest absolute Gasteiger partial charge is 0.388 e. The van der Waals surface area contributed by atoms with Gasteiger partial charge in [-0.2, -0.15) is 4.98 Å². The lowest BCUT2D eigenvalue weighted by Crippen LogP contribution is -2.33. The van der Waals surface area contributed by atoms with Crippen LogP contribution in [0.5, 0.6) is 0 Å². The Hall–Kier alpha value is -1.25. The van der Waals surface area contributed by atoms with Crippen LogP contribution in [0.25, 0.3) is 0 Å². The molecule has 0 saturated carbocycles. The molecule has 0 radical (unpaired) electrons. The third-order valence-corrected chi connectivity index (χ3v) is 4.62. The fourth-order valence-electron chi connectivity index (χ4n) is 2.28. The zero-order valence-corrected chi connectivity index (χ0v) is 14.2. The minimum atomic E-state index is -2.62. The van der Waals surface area contributed by atoms with E-state index in [1.54, 1.807) is 20.8 Å². The highest BCUT2D eigenvalue weighted by molar-refractivity contribution is 7.33. The number of rotatable bonds is 6. The van der Waals surface area contributed by atoms with Crippen molar-refractivity contribution in [3.63, 3.8) is 0 Å². The second kappa shape index (κ2) is 7.55. The molecule has 0 aliphatic carbocycles. The molecule has 9 nitrogen and oxygen atoms in total. The molecule has 0 spiro atoms. The van der Waals surface area contributed by atoms with E-state index < -0.39 is 32.4 Å². The summed E-state index contributed by atoms with van der Waals surface area (Å²) >= 11 is 0. The summed E-state index contributed by atoms with van der Waals surface area (Å²) in [5, 5.41) is 10.3. The molecule has 0 amide bonds. The monoisotopic (exact) mass is 347 g/mol. The van der Waals surface area contributed by atoms with Crippen molar-refractivity contribution >= 4 is 14.1 Å². The van der Waals surface area contributed by atoms with Gasteiger partial charge in [-0.3, -0.25) is 9.13 Å². The molecule has 3 N–H and O–H groups in total. The highest BCUT2D eigenvalue weighted by Gasteiger charge is 2.42. The number of aliphatic hydroxyl groups excluding tert-OH is 1. The zero-order valence-electron chi connectivity index (χ0n) is 13.2. The SMILES string of the molecule is CC(C)O[PH](=O)OCC1O[C@@H](n2ccc(N)nc2=O)[C@@H](O)[C@@H]1C. The van der Waals surface area contributed by atoms with Crippen molar-refractivity contribution in [3.05, 3.63) is 22.7 Å². The molecular weight excluding hydrogens is 325 g/mol. The van der Waals surface area contributed by atoms with Crippen LogP contribution in [0, 0.1) is 5.92 Å². The lowest BCUT2D eigenvalue weighted by Gasteiger charge is -2.17. The van der Waals surface area contributed by atoms with E-state index in [2.05, 4.69) is 4.98 Å². The molecule has 130 valence electrons. The molecule has 2 unspecified atom stereocenters. The summed E-state index contributed by atoms with van der Waals surface area (Å²) in [6.07, 6.45) is -1.14. The fraction of sp³-hybridized carbons (Fsp3) is 0.692. The molecule has 1 aliphatic rings.